The molecule has 1 heterocycles. The van der Waals surface area contributed by atoms with Gasteiger partial charge in [-0.2, -0.15) is 0 Å². The van der Waals surface area contributed by atoms with E-state index >= 15 is 0 Å². The number of carboxylic acids is 1. The van der Waals surface area contributed by atoms with Crippen molar-refractivity contribution in [2.24, 2.45) is 0 Å². The fourth-order valence-electron chi connectivity index (χ4n) is 1.05. The van der Waals surface area contributed by atoms with Gasteiger partial charge in [-0.15, -0.1) is 0 Å². The molecule has 15 heavy (non-hydrogen) atoms. The Labute approximate surface area is 86.0 Å². The lowest BCUT2D eigenvalue weighted by Gasteiger charge is -2.14. The highest BCUT2D eigenvalue weighted by molar-refractivity contribution is 5.72. The third kappa shape index (κ3) is 2.42. The lowest BCUT2D eigenvalue weighted by atomic mass is 10.1. The molecule has 82 valence electrons. The van der Waals surface area contributed by atoms with Gasteiger partial charge in [0.25, 0.3) is 0 Å². The Balaban J connectivity index is 2.96. The van der Waals surface area contributed by atoms with Crippen LogP contribution in [-0.4, -0.2) is 32.4 Å². The van der Waals surface area contributed by atoms with E-state index in [0.717, 1.165) is 0 Å². The molecule has 5 N–H and O–H groups in total. The van der Waals surface area contributed by atoms with E-state index in [9.17, 15) is 9.90 Å². The molecule has 0 spiro atoms. The van der Waals surface area contributed by atoms with Crippen LogP contribution in [0.4, 0.5) is 5.69 Å². The van der Waals surface area contributed by atoms with Crippen molar-refractivity contribution in [3.8, 4) is 0 Å². The summed E-state index contributed by atoms with van der Waals surface area (Å²) in [6.07, 6.45) is -3.44. The number of carbonyl (C=O) groups is 1. The van der Waals surface area contributed by atoms with Gasteiger partial charge in [0, 0.05) is 0 Å². The Bertz CT molecular complexity index is 380. The number of rotatable bonds is 3. The monoisotopic (exact) mass is 212 g/mol. The first-order chi connectivity index (χ1) is 6.93. The van der Waals surface area contributed by atoms with Gasteiger partial charge in [0.05, 0.1) is 17.1 Å². The van der Waals surface area contributed by atoms with E-state index < -0.39 is 18.2 Å². The van der Waals surface area contributed by atoms with Crippen molar-refractivity contribution in [3.05, 3.63) is 23.5 Å². The second-order valence-electron chi connectivity index (χ2n) is 3.14. The van der Waals surface area contributed by atoms with E-state index in [1.807, 2.05) is 0 Å². The van der Waals surface area contributed by atoms with Crippen molar-refractivity contribution in [2.45, 2.75) is 19.1 Å². The van der Waals surface area contributed by atoms with Crippen molar-refractivity contribution < 1.29 is 20.1 Å². The van der Waals surface area contributed by atoms with Gasteiger partial charge in [-0.25, -0.2) is 4.79 Å². The number of aryl methyl sites for hydroxylation is 1. The van der Waals surface area contributed by atoms with Crippen LogP contribution in [0.15, 0.2) is 12.1 Å². The summed E-state index contributed by atoms with van der Waals surface area (Å²) in [5, 5.41) is 27.0. The third-order valence-electron chi connectivity index (χ3n) is 2.00. The highest BCUT2D eigenvalue weighted by atomic mass is 16.4. The summed E-state index contributed by atoms with van der Waals surface area (Å²) in [6, 6.07) is 2.87. The van der Waals surface area contributed by atoms with Crippen molar-refractivity contribution in [3.63, 3.8) is 0 Å². The number of carboxylic acid groups (broad SMARTS) is 1. The summed E-state index contributed by atoms with van der Waals surface area (Å²) in [5.41, 5.74) is 6.50. The van der Waals surface area contributed by atoms with Crippen LogP contribution in [0.25, 0.3) is 0 Å². The maximum absolute atomic E-state index is 10.4. The zero-order valence-corrected chi connectivity index (χ0v) is 8.08. The van der Waals surface area contributed by atoms with Gasteiger partial charge in [0.1, 0.15) is 6.10 Å². The van der Waals surface area contributed by atoms with Crippen LogP contribution < -0.4 is 5.73 Å². The van der Waals surface area contributed by atoms with Gasteiger partial charge >= 0.3 is 5.97 Å². The van der Waals surface area contributed by atoms with Crippen LogP contribution in [0.5, 0.6) is 0 Å². The largest absolute Gasteiger partial charge is 0.479 e. The smallest absolute Gasteiger partial charge is 0.335 e. The Morgan fingerprint density at radius 1 is 1.47 bits per heavy atom. The van der Waals surface area contributed by atoms with E-state index in [4.69, 9.17) is 15.9 Å². The fourth-order valence-corrected chi connectivity index (χ4v) is 1.05. The highest BCUT2D eigenvalue weighted by Crippen LogP contribution is 2.17. The molecule has 0 amide bonds. The van der Waals surface area contributed by atoms with Gasteiger partial charge in [-0.05, 0) is 19.1 Å². The SMILES string of the molecule is Cc1nc(C(O)C(O)C(=O)O)ccc1N. The van der Waals surface area contributed by atoms with Crippen molar-refractivity contribution in [1.82, 2.24) is 4.98 Å². The quantitative estimate of drug-likeness (QED) is 0.534. The summed E-state index contributed by atoms with van der Waals surface area (Å²) in [4.78, 5) is 14.3. The zero-order chi connectivity index (χ0) is 11.6. The number of nitrogens with two attached hydrogens (primary N) is 1. The Hall–Kier alpha value is -1.66. The molecule has 1 aromatic rings. The molecule has 0 aliphatic rings. The number of hydrogen-bond donors (Lipinski definition) is 4. The number of aromatic nitrogens is 1. The minimum atomic E-state index is -1.89. The molecule has 1 aromatic heterocycles. The zero-order valence-electron chi connectivity index (χ0n) is 8.08. The second kappa shape index (κ2) is 4.24. The van der Waals surface area contributed by atoms with E-state index in [2.05, 4.69) is 4.98 Å². The Morgan fingerprint density at radius 3 is 2.53 bits per heavy atom. The minimum absolute atomic E-state index is 0.0802. The molecule has 6 nitrogen and oxygen atoms in total. The van der Waals surface area contributed by atoms with Gasteiger partial charge in [0.2, 0.25) is 0 Å². The topological polar surface area (TPSA) is 117 Å². The average Bonchev–Trinajstić information content (AvgIpc) is 2.19. The highest BCUT2D eigenvalue weighted by Gasteiger charge is 2.26. The second-order valence-corrected chi connectivity index (χ2v) is 3.14. The molecule has 0 bridgehead atoms. The molecular weight excluding hydrogens is 200 g/mol. The first kappa shape index (κ1) is 11.4. The molecule has 0 aromatic carbocycles. The number of aliphatic hydroxyl groups is 2. The molecule has 2 atom stereocenters. The summed E-state index contributed by atoms with van der Waals surface area (Å²) in [6.45, 7) is 1.62. The van der Waals surface area contributed by atoms with Crippen LogP contribution in [0.3, 0.4) is 0 Å². The van der Waals surface area contributed by atoms with Gasteiger partial charge in [-0.3, -0.25) is 4.98 Å². The van der Waals surface area contributed by atoms with Crippen LogP contribution in [0.1, 0.15) is 17.5 Å². The number of anilines is 1. The summed E-state index contributed by atoms with van der Waals surface area (Å²) in [5.74, 6) is -1.50. The molecule has 0 saturated carbocycles. The number of pyridine rings is 1. The van der Waals surface area contributed by atoms with Crippen molar-refractivity contribution in [2.75, 3.05) is 5.73 Å². The number of hydrogen-bond acceptors (Lipinski definition) is 5. The van der Waals surface area contributed by atoms with Gasteiger partial charge < -0.3 is 21.1 Å². The molecule has 2 unspecified atom stereocenters. The summed E-state index contributed by atoms with van der Waals surface area (Å²) >= 11 is 0. The van der Waals surface area contributed by atoms with Crippen molar-refractivity contribution >= 4 is 11.7 Å². The normalized spacial score (nSPS) is 14.6. The standard InChI is InChI=1S/C9H12N2O4/c1-4-5(10)2-3-6(11-4)7(12)8(13)9(14)15/h2-3,7-8,12-13H,10H2,1H3,(H,14,15). The molecule has 0 fully saturated rings. The Morgan fingerprint density at radius 2 is 2.07 bits per heavy atom. The minimum Gasteiger partial charge on any atom is -0.479 e. The summed E-state index contributed by atoms with van der Waals surface area (Å²) in [7, 11) is 0. The van der Waals surface area contributed by atoms with Crippen LogP contribution in [-0.2, 0) is 4.79 Å². The number of aliphatic hydroxyl groups excluding tert-OH is 2. The van der Waals surface area contributed by atoms with Crippen LogP contribution in [0.2, 0.25) is 0 Å². The molecule has 6 heteroatoms. The molecular formula is C9H12N2O4. The lowest BCUT2D eigenvalue weighted by molar-refractivity contribution is -0.153. The molecule has 0 aliphatic heterocycles. The molecule has 1 rings (SSSR count). The fraction of sp³-hybridized carbons (Fsp3) is 0.333. The number of nitrogens with zero attached hydrogens (tertiary/aromatic N) is 1. The molecule has 0 saturated heterocycles. The van der Waals surface area contributed by atoms with Crippen LogP contribution in [0, 0.1) is 6.92 Å². The van der Waals surface area contributed by atoms with Crippen molar-refractivity contribution in [1.29, 1.82) is 0 Å². The van der Waals surface area contributed by atoms with E-state index in [-0.39, 0.29) is 5.69 Å². The van der Waals surface area contributed by atoms with Crippen LogP contribution >= 0.6 is 0 Å². The Kier molecular flexibility index (Phi) is 3.23. The predicted molar refractivity (Wildman–Crippen MR) is 52.0 cm³/mol. The number of aliphatic carboxylic acids is 1. The predicted octanol–water partition coefficient (Wildman–Crippen LogP) is -0.549. The van der Waals surface area contributed by atoms with E-state index in [1.165, 1.54) is 12.1 Å². The summed E-state index contributed by atoms with van der Waals surface area (Å²) < 4.78 is 0. The first-order valence-electron chi connectivity index (χ1n) is 4.25. The van der Waals surface area contributed by atoms with E-state index in [1.54, 1.807) is 6.92 Å². The first-order valence-corrected chi connectivity index (χ1v) is 4.25. The maximum atomic E-state index is 10.4. The lowest BCUT2D eigenvalue weighted by Crippen LogP contribution is -2.28. The van der Waals surface area contributed by atoms with E-state index in [0.29, 0.717) is 11.4 Å². The molecule has 0 radical (unpaired) electrons. The van der Waals surface area contributed by atoms with Gasteiger partial charge in [-0.1, -0.05) is 0 Å². The average molecular weight is 212 g/mol. The molecule has 0 aliphatic carbocycles. The third-order valence-corrected chi connectivity index (χ3v) is 2.00. The van der Waals surface area contributed by atoms with Gasteiger partial charge in [0.15, 0.2) is 6.10 Å². The number of nitrogen functional groups attached to an aromatic ring is 1. The maximum Gasteiger partial charge on any atom is 0.335 e.